The highest BCUT2D eigenvalue weighted by atomic mass is 79.9. The quantitative estimate of drug-likeness (QED) is 0.866. The number of hydrogen-bond donors (Lipinski definition) is 1. The van der Waals surface area contributed by atoms with Crippen molar-refractivity contribution in [2.45, 2.75) is 5.75 Å². The second-order valence-electron chi connectivity index (χ2n) is 3.03. The zero-order valence-corrected chi connectivity index (χ0v) is 10.5. The fourth-order valence-corrected chi connectivity index (χ4v) is 2.73. The minimum absolute atomic E-state index is 0.219. The zero-order chi connectivity index (χ0) is 11.1. The molecule has 0 radical (unpaired) electrons. The largest absolute Gasteiger partial charge is 0.270 e. The lowest BCUT2D eigenvalue weighted by molar-refractivity contribution is 0.609. The number of rotatable bonds is 2. The first kappa shape index (κ1) is 10.9. The predicted octanol–water partition coefficient (Wildman–Crippen LogP) is 2.39. The number of halogens is 2. The molecular formula is C8H6BrClN2O2S. The van der Waals surface area contributed by atoms with Crippen molar-refractivity contribution in [2.24, 2.45) is 0 Å². The molecule has 0 aliphatic rings. The number of nitrogens with one attached hydrogen (secondary N) is 1. The van der Waals surface area contributed by atoms with Crippen LogP contribution in [0.4, 0.5) is 0 Å². The van der Waals surface area contributed by atoms with E-state index < -0.39 is 9.05 Å². The third-order valence-corrected chi connectivity index (χ3v) is 3.54. The molecule has 0 atom stereocenters. The molecule has 1 aromatic carbocycles. The number of hydrogen-bond acceptors (Lipinski definition) is 3. The van der Waals surface area contributed by atoms with Crippen LogP contribution in [0.1, 0.15) is 5.56 Å². The van der Waals surface area contributed by atoms with Gasteiger partial charge in [0.15, 0.2) is 0 Å². The SMILES string of the molecule is O=S(=O)(Cl)Cc1cccc2c(Br)[nH]nc12. The summed E-state index contributed by atoms with van der Waals surface area (Å²) in [6.45, 7) is 0. The van der Waals surface area contributed by atoms with Gasteiger partial charge in [-0.25, -0.2) is 8.42 Å². The maximum Gasteiger partial charge on any atom is 0.236 e. The van der Waals surface area contributed by atoms with Gasteiger partial charge in [0.1, 0.15) is 4.60 Å². The monoisotopic (exact) mass is 308 g/mol. The third kappa shape index (κ3) is 2.32. The number of fused-ring (bicyclic) bond motifs is 1. The van der Waals surface area contributed by atoms with E-state index in [1.165, 1.54) is 0 Å². The molecular weight excluding hydrogens is 304 g/mol. The van der Waals surface area contributed by atoms with Crippen LogP contribution in [0, 0.1) is 0 Å². The van der Waals surface area contributed by atoms with Crippen LogP contribution in [0.2, 0.25) is 0 Å². The summed E-state index contributed by atoms with van der Waals surface area (Å²) in [5.41, 5.74) is 1.21. The van der Waals surface area contributed by atoms with E-state index in [0.717, 1.165) is 9.99 Å². The van der Waals surface area contributed by atoms with Crippen LogP contribution >= 0.6 is 26.6 Å². The van der Waals surface area contributed by atoms with Gasteiger partial charge in [0, 0.05) is 16.1 Å². The number of H-pyrrole nitrogens is 1. The molecule has 0 aliphatic carbocycles. The Morgan fingerprint density at radius 2 is 2.20 bits per heavy atom. The summed E-state index contributed by atoms with van der Waals surface area (Å²) in [5, 5.41) is 7.58. The molecule has 7 heteroatoms. The fourth-order valence-electron chi connectivity index (χ4n) is 1.37. The van der Waals surface area contributed by atoms with Crippen molar-refractivity contribution in [3.8, 4) is 0 Å². The summed E-state index contributed by atoms with van der Waals surface area (Å²) < 4.78 is 22.7. The molecule has 1 heterocycles. The fraction of sp³-hybridized carbons (Fsp3) is 0.125. The molecule has 0 amide bonds. The van der Waals surface area contributed by atoms with E-state index in [9.17, 15) is 8.42 Å². The van der Waals surface area contributed by atoms with Gasteiger partial charge in [0.05, 0.1) is 11.3 Å². The average molecular weight is 310 g/mol. The topological polar surface area (TPSA) is 62.8 Å². The molecule has 4 nitrogen and oxygen atoms in total. The first-order chi connectivity index (χ1) is 6.97. The van der Waals surface area contributed by atoms with E-state index in [-0.39, 0.29) is 5.75 Å². The summed E-state index contributed by atoms with van der Waals surface area (Å²) in [6, 6.07) is 5.29. The average Bonchev–Trinajstić information content (AvgIpc) is 2.47. The van der Waals surface area contributed by atoms with Crippen molar-refractivity contribution in [1.82, 2.24) is 10.2 Å². The van der Waals surface area contributed by atoms with Gasteiger partial charge in [-0.2, -0.15) is 5.10 Å². The number of para-hydroxylation sites is 1. The minimum Gasteiger partial charge on any atom is -0.270 e. The number of benzene rings is 1. The van der Waals surface area contributed by atoms with Crippen LogP contribution in [0.5, 0.6) is 0 Å². The van der Waals surface area contributed by atoms with Crippen LogP contribution in [-0.2, 0) is 14.8 Å². The van der Waals surface area contributed by atoms with Gasteiger partial charge in [0.2, 0.25) is 9.05 Å². The van der Waals surface area contributed by atoms with Gasteiger partial charge < -0.3 is 0 Å². The van der Waals surface area contributed by atoms with Crippen molar-refractivity contribution in [2.75, 3.05) is 0 Å². The highest BCUT2D eigenvalue weighted by Gasteiger charge is 2.13. The molecule has 0 bridgehead atoms. The Morgan fingerprint density at radius 1 is 1.47 bits per heavy atom. The molecule has 0 saturated carbocycles. The van der Waals surface area contributed by atoms with Crippen molar-refractivity contribution >= 4 is 46.6 Å². The maximum atomic E-state index is 11.0. The second kappa shape index (κ2) is 3.77. The molecule has 0 unspecified atom stereocenters. The summed E-state index contributed by atoms with van der Waals surface area (Å²) in [5.74, 6) is -0.219. The molecule has 80 valence electrons. The van der Waals surface area contributed by atoms with Crippen LogP contribution in [-0.4, -0.2) is 18.6 Å². The van der Waals surface area contributed by atoms with E-state index in [1.54, 1.807) is 12.1 Å². The van der Waals surface area contributed by atoms with Crippen molar-refractivity contribution < 1.29 is 8.42 Å². The summed E-state index contributed by atoms with van der Waals surface area (Å²) in [7, 11) is 1.64. The lowest BCUT2D eigenvalue weighted by Crippen LogP contribution is -1.95. The molecule has 0 saturated heterocycles. The molecule has 15 heavy (non-hydrogen) atoms. The highest BCUT2D eigenvalue weighted by molar-refractivity contribution is 9.10. The third-order valence-electron chi connectivity index (χ3n) is 1.95. The van der Waals surface area contributed by atoms with Crippen LogP contribution in [0.15, 0.2) is 22.8 Å². The Labute approximate surface area is 99.2 Å². The Morgan fingerprint density at radius 3 is 2.87 bits per heavy atom. The number of aromatic nitrogens is 2. The molecule has 1 N–H and O–H groups in total. The summed E-state index contributed by atoms with van der Waals surface area (Å²) in [4.78, 5) is 0. The Kier molecular flexibility index (Phi) is 2.74. The van der Waals surface area contributed by atoms with Gasteiger partial charge in [-0.3, -0.25) is 5.10 Å². The normalized spacial score (nSPS) is 12.1. The predicted molar refractivity (Wildman–Crippen MR) is 62.3 cm³/mol. The van der Waals surface area contributed by atoms with Gasteiger partial charge >= 0.3 is 0 Å². The van der Waals surface area contributed by atoms with E-state index in [2.05, 4.69) is 26.1 Å². The van der Waals surface area contributed by atoms with Gasteiger partial charge in [-0.1, -0.05) is 18.2 Å². The van der Waals surface area contributed by atoms with Crippen LogP contribution in [0.3, 0.4) is 0 Å². The zero-order valence-electron chi connectivity index (χ0n) is 7.37. The Hall–Kier alpha value is -0.590. The van der Waals surface area contributed by atoms with Crippen LogP contribution in [0.25, 0.3) is 10.9 Å². The van der Waals surface area contributed by atoms with Crippen molar-refractivity contribution in [3.63, 3.8) is 0 Å². The van der Waals surface area contributed by atoms with Crippen molar-refractivity contribution in [1.29, 1.82) is 0 Å². The minimum atomic E-state index is -3.56. The first-order valence-electron chi connectivity index (χ1n) is 4.01. The summed E-state index contributed by atoms with van der Waals surface area (Å²) in [6.07, 6.45) is 0. The first-order valence-corrected chi connectivity index (χ1v) is 7.28. The van der Waals surface area contributed by atoms with E-state index >= 15 is 0 Å². The van der Waals surface area contributed by atoms with Crippen molar-refractivity contribution in [3.05, 3.63) is 28.4 Å². The van der Waals surface area contributed by atoms with Crippen LogP contribution < -0.4 is 0 Å². The second-order valence-corrected chi connectivity index (χ2v) is 6.60. The molecule has 0 aliphatic heterocycles. The van der Waals surface area contributed by atoms with E-state index in [4.69, 9.17) is 10.7 Å². The van der Waals surface area contributed by atoms with E-state index in [0.29, 0.717) is 11.1 Å². The smallest absolute Gasteiger partial charge is 0.236 e. The standard InChI is InChI=1S/C8H6BrClN2O2S/c9-8-6-3-1-2-5(4-15(10,13)14)7(6)11-12-8/h1-3H,4H2,(H,11,12). The lowest BCUT2D eigenvalue weighted by Gasteiger charge is -1.98. The number of aromatic amines is 1. The molecule has 2 rings (SSSR count). The highest BCUT2D eigenvalue weighted by Crippen LogP contribution is 2.25. The van der Waals surface area contributed by atoms with Gasteiger partial charge in [-0.05, 0) is 21.5 Å². The Bertz CT molecular complexity index is 608. The van der Waals surface area contributed by atoms with E-state index in [1.807, 2.05) is 6.07 Å². The molecule has 2 aromatic rings. The lowest BCUT2D eigenvalue weighted by atomic mass is 10.2. The van der Waals surface area contributed by atoms with Gasteiger partial charge in [-0.15, -0.1) is 0 Å². The summed E-state index contributed by atoms with van der Waals surface area (Å²) >= 11 is 3.28. The molecule has 1 aromatic heterocycles. The maximum absolute atomic E-state index is 11.0. The number of nitrogens with zero attached hydrogens (tertiary/aromatic N) is 1. The molecule has 0 spiro atoms. The van der Waals surface area contributed by atoms with Gasteiger partial charge in [0.25, 0.3) is 0 Å². The molecule has 0 fully saturated rings. The Balaban J connectivity index is 2.62.